The van der Waals surface area contributed by atoms with Crippen molar-refractivity contribution in [3.63, 3.8) is 0 Å². The van der Waals surface area contributed by atoms with Crippen LogP contribution >= 0.6 is 23.1 Å². The predicted molar refractivity (Wildman–Crippen MR) is 119 cm³/mol. The van der Waals surface area contributed by atoms with E-state index in [2.05, 4.69) is 16.4 Å². The average molecular weight is 426 g/mol. The molecule has 1 aliphatic heterocycles. The van der Waals surface area contributed by atoms with Gasteiger partial charge in [0, 0.05) is 30.4 Å². The summed E-state index contributed by atoms with van der Waals surface area (Å²) in [5.41, 5.74) is 1.75. The van der Waals surface area contributed by atoms with Gasteiger partial charge in [0.1, 0.15) is 5.01 Å². The second-order valence-electron chi connectivity index (χ2n) is 7.07. The summed E-state index contributed by atoms with van der Waals surface area (Å²) in [7, 11) is 0. The van der Waals surface area contributed by atoms with Crippen molar-refractivity contribution in [2.45, 2.75) is 24.6 Å². The monoisotopic (exact) mass is 425 g/mol. The van der Waals surface area contributed by atoms with Gasteiger partial charge in [-0.2, -0.15) is 0 Å². The molecule has 29 heavy (non-hydrogen) atoms. The molecule has 0 aliphatic carbocycles. The molecule has 0 atom stereocenters. The number of para-hydroxylation sites is 1. The Kier molecular flexibility index (Phi) is 6.46. The standard InChI is InChI=1S/C22H23N3O2S2/c26-20(14-28-15-21-24-18-8-4-5-9-19(18)29-21)23-17-10-12-25(13-11-17)22(27)16-6-2-1-3-7-16/h1-9,17H,10-15H2,(H,23,26). The highest BCUT2D eigenvalue weighted by molar-refractivity contribution is 7.99. The zero-order valence-corrected chi connectivity index (χ0v) is 17.7. The lowest BCUT2D eigenvalue weighted by molar-refractivity contribution is -0.119. The first-order chi connectivity index (χ1) is 14.2. The van der Waals surface area contributed by atoms with Crippen molar-refractivity contribution in [3.05, 3.63) is 65.2 Å². The number of rotatable bonds is 6. The van der Waals surface area contributed by atoms with Gasteiger partial charge in [-0.05, 0) is 37.1 Å². The maximum atomic E-state index is 12.5. The van der Waals surface area contributed by atoms with Gasteiger partial charge in [-0.15, -0.1) is 23.1 Å². The van der Waals surface area contributed by atoms with E-state index in [-0.39, 0.29) is 17.9 Å². The number of thioether (sulfide) groups is 1. The lowest BCUT2D eigenvalue weighted by atomic mass is 10.0. The number of aromatic nitrogens is 1. The van der Waals surface area contributed by atoms with Crippen molar-refractivity contribution in [2.75, 3.05) is 18.8 Å². The van der Waals surface area contributed by atoms with E-state index in [1.165, 1.54) is 4.70 Å². The van der Waals surface area contributed by atoms with Crippen LogP contribution in [0, 0.1) is 0 Å². The molecule has 1 aromatic heterocycles. The first-order valence-corrected chi connectivity index (χ1v) is 11.7. The van der Waals surface area contributed by atoms with E-state index in [1.807, 2.05) is 53.4 Å². The lowest BCUT2D eigenvalue weighted by Gasteiger charge is -2.32. The summed E-state index contributed by atoms with van der Waals surface area (Å²) >= 11 is 3.28. The van der Waals surface area contributed by atoms with Crippen molar-refractivity contribution in [1.82, 2.24) is 15.2 Å². The minimum Gasteiger partial charge on any atom is -0.353 e. The van der Waals surface area contributed by atoms with E-state index < -0.39 is 0 Å². The fourth-order valence-electron chi connectivity index (χ4n) is 3.47. The van der Waals surface area contributed by atoms with Crippen LogP contribution in [0.5, 0.6) is 0 Å². The van der Waals surface area contributed by atoms with Gasteiger partial charge in [-0.3, -0.25) is 9.59 Å². The van der Waals surface area contributed by atoms with Gasteiger partial charge >= 0.3 is 0 Å². The Morgan fingerprint density at radius 1 is 1.07 bits per heavy atom. The lowest BCUT2D eigenvalue weighted by Crippen LogP contribution is -2.47. The fourth-order valence-corrected chi connectivity index (χ4v) is 5.33. The van der Waals surface area contributed by atoms with E-state index in [9.17, 15) is 9.59 Å². The summed E-state index contributed by atoms with van der Waals surface area (Å²) in [4.78, 5) is 31.3. The zero-order chi connectivity index (χ0) is 20.1. The molecule has 1 fully saturated rings. The average Bonchev–Trinajstić information content (AvgIpc) is 3.17. The molecule has 2 amide bonds. The van der Waals surface area contributed by atoms with Crippen LogP contribution < -0.4 is 5.32 Å². The summed E-state index contributed by atoms with van der Waals surface area (Å²) in [5, 5.41) is 4.17. The summed E-state index contributed by atoms with van der Waals surface area (Å²) < 4.78 is 1.18. The van der Waals surface area contributed by atoms with E-state index in [0.29, 0.717) is 18.8 Å². The highest BCUT2D eigenvalue weighted by Gasteiger charge is 2.24. The maximum Gasteiger partial charge on any atom is 0.253 e. The number of likely N-dealkylation sites (tertiary alicyclic amines) is 1. The van der Waals surface area contributed by atoms with Crippen molar-refractivity contribution in [2.24, 2.45) is 0 Å². The third kappa shape index (κ3) is 5.16. The number of amides is 2. The second kappa shape index (κ2) is 9.41. The maximum absolute atomic E-state index is 12.5. The molecule has 150 valence electrons. The van der Waals surface area contributed by atoms with Crippen LogP contribution in [0.1, 0.15) is 28.2 Å². The number of carbonyl (C=O) groups excluding carboxylic acids is 2. The Hall–Kier alpha value is -2.38. The first-order valence-electron chi connectivity index (χ1n) is 9.75. The molecular formula is C22H23N3O2S2. The number of piperidine rings is 1. The molecule has 2 aromatic carbocycles. The largest absolute Gasteiger partial charge is 0.353 e. The molecule has 4 rings (SSSR count). The first kappa shape index (κ1) is 19.9. The fraction of sp³-hybridized carbons (Fsp3) is 0.318. The Bertz CT molecular complexity index is 949. The van der Waals surface area contributed by atoms with Gasteiger partial charge in [0.25, 0.3) is 5.91 Å². The Morgan fingerprint density at radius 2 is 1.79 bits per heavy atom. The zero-order valence-electron chi connectivity index (χ0n) is 16.0. The predicted octanol–water partition coefficient (Wildman–Crippen LogP) is 3.95. The van der Waals surface area contributed by atoms with Crippen molar-refractivity contribution in [1.29, 1.82) is 0 Å². The van der Waals surface area contributed by atoms with Gasteiger partial charge in [0.15, 0.2) is 0 Å². The number of hydrogen-bond acceptors (Lipinski definition) is 5. The van der Waals surface area contributed by atoms with Crippen LogP contribution in [0.3, 0.4) is 0 Å². The highest BCUT2D eigenvalue weighted by atomic mass is 32.2. The van der Waals surface area contributed by atoms with Gasteiger partial charge in [-0.1, -0.05) is 30.3 Å². The molecule has 5 nitrogen and oxygen atoms in total. The van der Waals surface area contributed by atoms with Crippen LogP contribution in [-0.4, -0.2) is 46.6 Å². The third-order valence-corrected chi connectivity index (χ3v) is 7.13. The van der Waals surface area contributed by atoms with E-state index in [1.54, 1.807) is 23.1 Å². The molecular weight excluding hydrogens is 402 g/mol. The summed E-state index contributed by atoms with van der Waals surface area (Å²) in [6, 6.07) is 17.6. The number of nitrogens with zero attached hydrogens (tertiary/aromatic N) is 2. The molecule has 0 unspecified atom stereocenters. The topological polar surface area (TPSA) is 62.3 Å². The van der Waals surface area contributed by atoms with Crippen molar-refractivity contribution >= 4 is 45.1 Å². The molecule has 1 N–H and O–H groups in total. The minimum absolute atomic E-state index is 0.0592. The van der Waals surface area contributed by atoms with Crippen LogP contribution in [0.25, 0.3) is 10.2 Å². The van der Waals surface area contributed by atoms with Crippen molar-refractivity contribution < 1.29 is 9.59 Å². The van der Waals surface area contributed by atoms with Gasteiger partial charge in [0.05, 0.1) is 16.0 Å². The summed E-state index contributed by atoms with van der Waals surface area (Å²) in [6.07, 6.45) is 1.60. The van der Waals surface area contributed by atoms with Crippen LogP contribution in [0.2, 0.25) is 0 Å². The number of nitrogens with one attached hydrogen (secondary N) is 1. The molecule has 2 heterocycles. The van der Waals surface area contributed by atoms with Crippen molar-refractivity contribution in [3.8, 4) is 0 Å². The summed E-state index contributed by atoms with van der Waals surface area (Å²) in [6.45, 7) is 1.36. The molecule has 1 saturated heterocycles. The SMILES string of the molecule is O=C(CSCc1nc2ccccc2s1)NC1CCN(C(=O)c2ccccc2)CC1. The number of hydrogen-bond donors (Lipinski definition) is 1. The van der Waals surface area contributed by atoms with Crippen LogP contribution in [-0.2, 0) is 10.5 Å². The molecule has 0 spiro atoms. The molecule has 3 aromatic rings. The molecule has 0 radical (unpaired) electrons. The second-order valence-corrected chi connectivity index (χ2v) is 9.17. The molecule has 1 aliphatic rings. The van der Waals surface area contributed by atoms with Gasteiger partial charge in [-0.25, -0.2) is 4.98 Å². The number of fused-ring (bicyclic) bond motifs is 1. The smallest absolute Gasteiger partial charge is 0.253 e. The van der Waals surface area contributed by atoms with E-state index in [0.717, 1.165) is 34.7 Å². The normalized spacial score (nSPS) is 14.8. The summed E-state index contributed by atoms with van der Waals surface area (Å²) in [5.74, 6) is 1.31. The molecule has 0 saturated carbocycles. The molecule has 7 heteroatoms. The minimum atomic E-state index is 0.0592. The van der Waals surface area contributed by atoms with Gasteiger partial charge < -0.3 is 10.2 Å². The number of carbonyl (C=O) groups is 2. The molecule has 0 bridgehead atoms. The Morgan fingerprint density at radius 3 is 2.55 bits per heavy atom. The number of thiazole rings is 1. The van der Waals surface area contributed by atoms with E-state index in [4.69, 9.17) is 0 Å². The Labute approximate surface area is 178 Å². The Balaban J connectivity index is 1.18. The van der Waals surface area contributed by atoms with Crippen LogP contribution in [0.4, 0.5) is 0 Å². The highest BCUT2D eigenvalue weighted by Crippen LogP contribution is 2.24. The van der Waals surface area contributed by atoms with Gasteiger partial charge in [0.2, 0.25) is 5.91 Å². The van der Waals surface area contributed by atoms with Crippen LogP contribution in [0.15, 0.2) is 54.6 Å². The quantitative estimate of drug-likeness (QED) is 0.650. The third-order valence-electron chi connectivity index (χ3n) is 4.96. The van der Waals surface area contributed by atoms with E-state index >= 15 is 0 Å². The number of benzene rings is 2.